The average Bonchev–Trinajstić information content (AvgIpc) is 3.23. The largest absolute Gasteiger partial charge is 0.497 e. The average molecular weight is 459 g/mol. The third-order valence-electron chi connectivity index (χ3n) is 5.49. The number of likely N-dealkylation sites (tertiary alicyclic amines) is 1. The highest BCUT2D eigenvalue weighted by Gasteiger charge is 2.32. The Kier molecular flexibility index (Phi) is 7.97. The van der Waals surface area contributed by atoms with E-state index >= 15 is 0 Å². The van der Waals surface area contributed by atoms with E-state index in [-0.39, 0.29) is 17.9 Å². The van der Waals surface area contributed by atoms with E-state index in [0.29, 0.717) is 44.6 Å². The van der Waals surface area contributed by atoms with Crippen molar-refractivity contribution in [1.29, 1.82) is 0 Å². The van der Waals surface area contributed by atoms with Gasteiger partial charge in [0.15, 0.2) is 0 Å². The van der Waals surface area contributed by atoms with E-state index in [1.165, 1.54) is 0 Å². The second kappa shape index (κ2) is 10.7. The number of carbonyl (C=O) groups excluding carboxylic acids is 2. The van der Waals surface area contributed by atoms with Gasteiger partial charge in [-0.25, -0.2) is 9.48 Å². The molecule has 1 fully saturated rings. The molecule has 0 unspecified atom stereocenters. The van der Waals surface area contributed by atoms with Gasteiger partial charge in [-0.2, -0.15) is 5.10 Å². The summed E-state index contributed by atoms with van der Waals surface area (Å²) in [6.07, 6.45) is 2.73. The van der Waals surface area contributed by atoms with Crippen LogP contribution >= 0.6 is 0 Å². The van der Waals surface area contributed by atoms with Crippen molar-refractivity contribution >= 4 is 12.0 Å². The van der Waals surface area contributed by atoms with Crippen LogP contribution in [-0.2, 0) is 9.47 Å². The van der Waals surface area contributed by atoms with Crippen molar-refractivity contribution in [1.82, 2.24) is 20.0 Å². The first-order chi connectivity index (χ1) is 15.7. The van der Waals surface area contributed by atoms with E-state index in [1.807, 2.05) is 49.7 Å². The van der Waals surface area contributed by atoms with Crippen LogP contribution in [-0.4, -0.2) is 72.7 Å². The molecule has 0 saturated carbocycles. The fourth-order valence-electron chi connectivity index (χ4n) is 3.88. The molecule has 0 aliphatic carbocycles. The monoisotopic (exact) mass is 458 g/mol. The fraction of sp³-hybridized carbons (Fsp3) is 0.542. The van der Waals surface area contributed by atoms with Gasteiger partial charge in [0.05, 0.1) is 36.9 Å². The van der Waals surface area contributed by atoms with E-state index in [2.05, 4.69) is 10.4 Å². The number of hydrogen-bond acceptors (Lipinski definition) is 6. The lowest BCUT2D eigenvalue weighted by molar-refractivity contribution is 0.0203. The third-order valence-corrected chi connectivity index (χ3v) is 5.49. The Labute approximate surface area is 195 Å². The minimum Gasteiger partial charge on any atom is -0.497 e. The van der Waals surface area contributed by atoms with Gasteiger partial charge < -0.3 is 24.4 Å². The summed E-state index contributed by atoms with van der Waals surface area (Å²) in [4.78, 5) is 27.1. The first-order valence-electron chi connectivity index (χ1n) is 11.2. The first kappa shape index (κ1) is 24.6. The van der Waals surface area contributed by atoms with Crippen LogP contribution in [0, 0.1) is 0 Å². The topological polar surface area (TPSA) is 94.9 Å². The third kappa shape index (κ3) is 6.25. The second-order valence-corrected chi connectivity index (χ2v) is 9.04. The van der Waals surface area contributed by atoms with Crippen molar-refractivity contribution in [3.05, 3.63) is 41.7 Å². The van der Waals surface area contributed by atoms with Crippen molar-refractivity contribution in [3.63, 3.8) is 0 Å². The molecule has 1 aromatic carbocycles. The normalized spacial score (nSPS) is 14.8. The molecular weight excluding hydrogens is 424 g/mol. The molecule has 3 rings (SSSR count). The molecular formula is C24H34N4O5. The van der Waals surface area contributed by atoms with Crippen LogP contribution in [0.5, 0.6) is 5.75 Å². The van der Waals surface area contributed by atoms with Gasteiger partial charge in [0.25, 0.3) is 5.91 Å². The minimum absolute atomic E-state index is 0.0662. The van der Waals surface area contributed by atoms with Gasteiger partial charge in [-0.05, 0) is 57.9 Å². The Morgan fingerprint density at radius 2 is 1.79 bits per heavy atom. The maximum Gasteiger partial charge on any atom is 0.410 e. The van der Waals surface area contributed by atoms with Gasteiger partial charge >= 0.3 is 6.09 Å². The van der Waals surface area contributed by atoms with Gasteiger partial charge in [0, 0.05) is 32.7 Å². The van der Waals surface area contributed by atoms with E-state index in [0.717, 1.165) is 17.1 Å². The molecule has 1 N–H and O–H groups in total. The SMILES string of the molecule is COCCNC(=O)c1cnn(-c2ccc(OC)cc2)c1C1CCN(C(=O)OC(C)(C)C)CC1. The number of ether oxygens (including phenoxy) is 3. The quantitative estimate of drug-likeness (QED) is 0.640. The summed E-state index contributed by atoms with van der Waals surface area (Å²) in [5.41, 5.74) is 1.70. The Morgan fingerprint density at radius 1 is 1.12 bits per heavy atom. The summed E-state index contributed by atoms with van der Waals surface area (Å²) >= 11 is 0. The summed E-state index contributed by atoms with van der Waals surface area (Å²) in [7, 11) is 3.22. The zero-order chi connectivity index (χ0) is 24.0. The van der Waals surface area contributed by atoms with Crippen LogP contribution < -0.4 is 10.1 Å². The summed E-state index contributed by atoms with van der Waals surface area (Å²) in [5.74, 6) is 0.628. The maximum atomic E-state index is 12.9. The summed E-state index contributed by atoms with van der Waals surface area (Å²) in [5, 5.41) is 7.44. The number of rotatable bonds is 7. The van der Waals surface area contributed by atoms with Crippen molar-refractivity contribution in [2.24, 2.45) is 0 Å². The van der Waals surface area contributed by atoms with Crippen molar-refractivity contribution in [3.8, 4) is 11.4 Å². The Hall–Kier alpha value is -3.07. The highest BCUT2D eigenvalue weighted by Crippen LogP contribution is 2.33. The molecule has 33 heavy (non-hydrogen) atoms. The Morgan fingerprint density at radius 3 is 2.36 bits per heavy atom. The number of carbonyl (C=O) groups is 2. The molecule has 0 atom stereocenters. The Bertz CT molecular complexity index is 941. The van der Waals surface area contributed by atoms with E-state index in [4.69, 9.17) is 14.2 Å². The molecule has 2 amide bonds. The van der Waals surface area contributed by atoms with Crippen LogP contribution in [0.1, 0.15) is 55.6 Å². The fourth-order valence-corrected chi connectivity index (χ4v) is 3.88. The number of hydrogen-bond donors (Lipinski definition) is 1. The molecule has 0 spiro atoms. The number of amides is 2. The van der Waals surface area contributed by atoms with Crippen LogP contribution in [0.25, 0.3) is 5.69 Å². The number of nitrogens with one attached hydrogen (secondary N) is 1. The van der Waals surface area contributed by atoms with Crippen LogP contribution in [0.2, 0.25) is 0 Å². The molecule has 1 aliphatic heterocycles. The van der Waals surface area contributed by atoms with Gasteiger partial charge in [0.1, 0.15) is 11.4 Å². The first-order valence-corrected chi connectivity index (χ1v) is 11.2. The highest BCUT2D eigenvalue weighted by atomic mass is 16.6. The molecule has 1 saturated heterocycles. The molecule has 9 nitrogen and oxygen atoms in total. The van der Waals surface area contributed by atoms with Crippen molar-refractivity contribution in [2.45, 2.75) is 45.1 Å². The Balaban J connectivity index is 1.84. The molecule has 9 heteroatoms. The molecule has 1 aliphatic rings. The molecule has 0 bridgehead atoms. The highest BCUT2D eigenvalue weighted by molar-refractivity contribution is 5.95. The van der Waals surface area contributed by atoms with Crippen LogP contribution in [0.3, 0.4) is 0 Å². The van der Waals surface area contributed by atoms with Gasteiger partial charge in [-0.1, -0.05) is 0 Å². The summed E-state index contributed by atoms with van der Waals surface area (Å²) in [6.45, 7) is 7.54. The lowest BCUT2D eigenvalue weighted by Gasteiger charge is -2.34. The van der Waals surface area contributed by atoms with Gasteiger partial charge in [-0.3, -0.25) is 4.79 Å². The number of nitrogens with zero attached hydrogens (tertiary/aromatic N) is 3. The van der Waals surface area contributed by atoms with Crippen LogP contribution in [0.15, 0.2) is 30.5 Å². The maximum absolute atomic E-state index is 12.9. The summed E-state index contributed by atoms with van der Waals surface area (Å²) < 4.78 is 17.6. The predicted octanol–water partition coefficient (Wildman–Crippen LogP) is 3.37. The van der Waals surface area contributed by atoms with E-state index < -0.39 is 5.60 Å². The van der Waals surface area contributed by atoms with Crippen molar-refractivity contribution < 1.29 is 23.8 Å². The molecule has 2 heterocycles. The summed E-state index contributed by atoms with van der Waals surface area (Å²) in [6, 6.07) is 7.56. The van der Waals surface area contributed by atoms with Gasteiger partial charge in [0.2, 0.25) is 0 Å². The molecule has 0 radical (unpaired) electrons. The second-order valence-electron chi connectivity index (χ2n) is 9.04. The standard InChI is InChI=1S/C24H34N4O5/c1-24(2,3)33-23(30)27-13-10-17(11-14-27)21-20(22(29)25-12-15-31-4)16-26-28(21)18-6-8-19(32-5)9-7-18/h6-9,16-17H,10-15H2,1-5H3,(H,25,29). The van der Waals surface area contributed by atoms with Gasteiger partial charge in [-0.15, -0.1) is 0 Å². The predicted molar refractivity (Wildman–Crippen MR) is 124 cm³/mol. The smallest absolute Gasteiger partial charge is 0.410 e. The van der Waals surface area contributed by atoms with Crippen LogP contribution in [0.4, 0.5) is 4.79 Å². The number of piperidine rings is 1. The molecule has 180 valence electrons. The van der Waals surface area contributed by atoms with E-state index in [1.54, 1.807) is 25.3 Å². The zero-order valence-electron chi connectivity index (χ0n) is 20.1. The number of aromatic nitrogens is 2. The number of benzene rings is 1. The molecule has 2 aromatic rings. The zero-order valence-corrected chi connectivity index (χ0v) is 20.1. The van der Waals surface area contributed by atoms with E-state index in [9.17, 15) is 9.59 Å². The number of methoxy groups -OCH3 is 2. The molecule has 1 aromatic heterocycles. The minimum atomic E-state index is -0.533. The lowest BCUT2D eigenvalue weighted by Crippen LogP contribution is -2.41. The lowest BCUT2D eigenvalue weighted by atomic mass is 9.91. The van der Waals surface area contributed by atoms with Crippen molar-refractivity contribution in [2.75, 3.05) is 40.5 Å².